The van der Waals surface area contributed by atoms with Crippen molar-refractivity contribution in [3.8, 4) is 0 Å². The van der Waals surface area contributed by atoms with Crippen LogP contribution in [0.4, 0.5) is 0 Å². The van der Waals surface area contributed by atoms with Crippen molar-refractivity contribution in [3.05, 3.63) is 35.9 Å². The molecule has 0 aromatic heterocycles. The van der Waals surface area contributed by atoms with E-state index in [1.165, 1.54) is 0 Å². The highest BCUT2D eigenvalue weighted by Crippen LogP contribution is 2.00. The Bertz CT molecular complexity index is 253. The monoisotopic (exact) mass is 211 g/mol. The molecule has 1 aromatic carbocycles. The van der Waals surface area contributed by atoms with Gasteiger partial charge >= 0.3 is 0 Å². The quantitative estimate of drug-likeness (QED) is 0.509. The number of rotatable bonds is 7. The number of ether oxygens (including phenoxy) is 2. The third-order valence-electron chi connectivity index (χ3n) is 1.84. The Morgan fingerprint density at radius 3 is 2.60 bits per heavy atom. The van der Waals surface area contributed by atoms with Gasteiger partial charge in [-0.1, -0.05) is 30.3 Å². The van der Waals surface area contributed by atoms with Crippen molar-refractivity contribution in [2.45, 2.75) is 12.6 Å². The van der Waals surface area contributed by atoms with Gasteiger partial charge in [0, 0.05) is 0 Å². The molecule has 3 N–H and O–H groups in total. The number of hydrogen-bond acceptors (Lipinski definition) is 4. The standard InChI is InChI=1S/C11H17NO3/c12-11(6-13)8-15-9-14-7-10-4-2-1-3-5-10/h1-5,11,13H,6-9,12H2. The van der Waals surface area contributed by atoms with Crippen LogP contribution in [0.2, 0.25) is 0 Å². The van der Waals surface area contributed by atoms with Crippen LogP contribution < -0.4 is 5.73 Å². The van der Waals surface area contributed by atoms with E-state index in [1.807, 2.05) is 30.3 Å². The van der Waals surface area contributed by atoms with Gasteiger partial charge < -0.3 is 20.3 Å². The summed E-state index contributed by atoms with van der Waals surface area (Å²) in [4.78, 5) is 0. The highest BCUT2D eigenvalue weighted by atomic mass is 16.7. The Balaban J connectivity index is 2.03. The van der Waals surface area contributed by atoms with E-state index in [1.54, 1.807) is 0 Å². The molecular weight excluding hydrogens is 194 g/mol. The minimum atomic E-state index is -0.328. The van der Waals surface area contributed by atoms with Crippen LogP contribution in [0.5, 0.6) is 0 Å². The van der Waals surface area contributed by atoms with E-state index in [-0.39, 0.29) is 19.4 Å². The van der Waals surface area contributed by atoms with Gasteiger partial charge in [0.25, 0.3) is 0 Å². The molecule has 0 heterocycles. The smallest absolute Gasteiger partial charge is 0.147 e. The second-order valence-electron chi connectivity index (χ2n) is 3.27. The van der Waals surface area contributed by atoms with Gasteiger partial charge in [0.1, 0.15) is 6.79 Å². The summed E-state index contributed by atoms with van der Waals surface area (Å²) in [6.45, 7) is 0.960. The molecule has 1 rings (SSSR count). The van der Waals surface area contributed by atoms with Crippen LogP contribution in [0, 0.1) is 0 Å². The van der Waals surface area contributed by atoms with E-state index < -0.39 is 0 Å². The SMILES string of the molecule is NC(CO)COCOCc1ccccc1. The highest BCUT2D eigenvalue weighted by Gasteiger charge is 1.99. The van der Waals surface area contributed by atoms with Gasteiger partial charge in [0.05, 0.1) is 25.9 Å². The van der Waals surface area contributed by atoms with Crippen molar-refractivity contribution >= 4 is 0 Å². The first kappa shape index (κ1) is 12.1. The largest absolute Gasteiger partial charge is 0.395 e. The molecule has 0 amide bonds. The Kier molecular flexibility index (Phi) is 5.96. The minimum Gasteiger partial charge on any atom is -0.395 e. The van der Waals surface area contributed by atoms with Crippen LogP contribution in [-0.2, 0) is 16.1 Å². The molecule has 0 aliphatic carbocycles. The highest BCUT2D eigenvalue weighted by molar-refractivity contribution is 5.13. The predicted octanol–water partition coefficient (Wildman–Crippen LogP) is 0.497. The fourth-order valence-corrected chi connectivity index (χ4v) is 1.04. The number of benzene rings is 1. The lowest BCUT2D eigenvalue weighted by Crippen LogP contribution is -2.30. The van der Waals surface area contributed by atoms with Gasteiger partial charge in [-0.2, -0.15) is 0 Å². The van der Waals surface area contributed by atoms with Crippen LogP contribution >= 0.6 is 0 Å². The summed E-state index contributed by atoms with van der Waals surface area (Å²) in [6.07, 6.45) is 0. The molecule has 84 valence electrons. The minimum absolute atomic E-state index is 0.0707. The number of aliphatic hydroxyl groups excluding tert-OH is 1. The fraction of sp³-hybridized carbons (Fsp3) is 0.455. The molecule has 0 saturated carbocycles. The summed E-state index contributed by atoms with van der Waals surface area (Å²) in [6, 6.07) is 9.52. The summed E-state index contributed by atoms with van der Waals surface area (Å²) in [7, 11) is 0. The van der Waals surface area contributed by atoms with Gasteiger partial charge in [-0.15, -0.1) is 0 Å². The molecule has 0 bridgehead atoms. The van der Waals surface area contributed by atoms with Gasteiger partial charge in [-0.25, -0.2) is 0 Å². The first-order valence-electron chi connectivity index (χ1n) is 4.88. The average molecular weight is 211 g/mol. The molecular formula is C11H17NO3. The Morgan fingerprint density at radius 1 is 1.20 bits per heavy atom. The topological polar surface area (TPSA) is 64.7 Å². The molecule has 1 unspecified atom stereocenters. The molecule has 0 fully saturated rings. The van der Waals surface area contributed by atoms with Gasteiger partial charge in [0.2, 0.25) is 0 Å². The van der Waals surface area contributed by atoms with E-state index in [2.05, 4.69) is 0 Å². The summed E-state index contributed by atoms with van der Waals surface area (Å²) < 4.78 is 10.4. The Labute approximate surface area is 89.6 Å². The van der Waals surface area contributed by atoms with Crippen LogP contribution in [0.25, 0.3) is 0 Å². The fourth-order valence-electron chi connectivity index (χ4n) is 1.04. The second-order valence-corrected chi connectivity index (χ2v) is 3.27. The van der Waals surface area contributed by atoms with E-state index in [9.17, 15) is 0 Å². The first-order valence-corrected chi connectivity index (χ1v) is 4.88. The van der Waals surface area contributed by atoms with E-state index in [4.69, 9.17) is 20.3 Å². The number of hydrogen-bond donors (Lipinski definition) is 2. The third-order valence-corrected chi connectivity index (χ3v) is 1.84. The summed E-state index contributed by atoms with van der Waals surface area (Å²) in [5, 5.41) is 8.62. The summed E-state index contributed by atoms with van der Waals surface area (Å²) in [5.74, 6) is 0. The number of aliphatic hydroxyl groups is 1. The molecule has 4 heteroatoms. The van der Waals surface area contributed by atoms with Crippen LogP contribution in [-0.4, -0.2) is 31.2 Å². The molecule has 0 saturated heterocycles. The molecule has 0 aliphatic rings. The van der Waals surface area contributed by atoms with Crippen LogP contribution in [0.1, 0.15) is 5.56 Å². The molecule has 15 heavy (non-hydrogen) atoms. The Morgan fingerprint density at radius 2 is 1.93 bits per heavy atom. The summed E-state index contributed by atoms with van der Waals surface area (Å²) >= 11 is 0. The van der Waals surface area contributed by atoms with E-state index >= 15 is 0 Å². The number of nitrogens with two attached hydrogens (primary N) is 1. The van der Waals surface area contributed by atoms with Crippen LogP contribution in [0.15, 0.2) is 30.3 Å². The molecule has 0 spiro atoms. The van der Waals surface area contributed by atoms with Crippen molar-refractivity contribution in [2.24, 2.45) is 5.73 Å². The lowest BCUT2D eigenvalue weighted by Gasteiger charge is -2.09. The van der Waals surface area contributed by atoms with Gasteiger partial charge in [-0.05, 0) is 5.56 Å². The zero-order chi connectivity index (χ0) is 10.9. The van der Waals surface area contributed by atoms with Gasteiger partial charge in [-0.3, -0.25) is 0 Å². The lowest BCUT2D eigenvalue weighted by molar-refractivity contribution is -0.0675. The van der Waals surface area contributed by atoms with Crippen molar-refractivity contribution in [2.75, 3.05) is 20.0 Å². The maximum Gasteiger partial charge on any atom is 0.147 e. The summed E-state index contributed by atoms with van der Waals surface area (Å²) in [5.41, 5.74) is 6.54. The van der Waals surface area contributed by atoms with Crippen molar-refractivity contribution < 1.29 is 14.6 Å². The first-order chi connectivity index (χ1) is 7.33. The molecule has 1 atom stereocenters. The van der Waals surface area contributed by atoms with Crippen molar-refractivity contribution in [1.29, 1.82) is 0 Å². The molecule has 0 aliphatic heterocycles. The lowest BCUT2D eigenvalue weighted by atomic mass is 10.2. The maximum absolute atomic E-state index is 8.62. The van der Waals surface area contributed by atoms with Crippen molar-refractivity contribution in [1.82, 2.24) is 0 Å². The molecule has 4 nitrogen and oxygen atoms in total. The molecule has 0 radical (unpaired) electrons. The zero-order valence-electron chi connectivity index (χ0n) is 8.63. The third kappa shape index (κ3) is 5.49. The normalized spacial score (nSPS) is 12.7. The van der Waals surface area contributed by atoms with E-state index in [0.717, 1.165) is 5.56 Å². The van der Waals surface area contributed by atoms with E-state index in [0.29, 0.717) is 13.2 Å². The van der Waals surface area contributed by atoms with Gasteiger partial charge in [0.15, 0.2) is 0 Å². The average Bonchev–Trinajstić information content (AvgIpc) is 2.29. The second kappa shape index (κ2) is 7.36. The van der Waals surface area contributed by atoms with Crippen molar-refractivity contribution in [3.63, 3.8) is 0 Å². The molecule has 1 aromatic rings. The maximum atomic E-state index is 8.62. The van der Waals surface area contributed by atoms with Crippen LogP contribution in [0.3, 0.4) is 0 Å². The predicted molar refractivity (Wildman–Crippen MR) is 57.1 cm³/mol. The Hall–Kier alpha value is -0.940. The zero-order valence-corrected chi connectivity index (χ0v) is 8.63.